The van der Waals surface area contributed by atoms with Crippen molar-refractivity contribution >= 4 is 22.9 Å². The van der Waals surface area contributed by atoms with E-state index < -0.39 is 0 Å². The summed E-state index contributed by atoms with van der Waals surface area (Å²) in [5, 5.41) is 3.18. The predicted molar refractivity (Wildman–Crippen MR) is 155 cm³/mol. The van der Waals surface area contributed by atoms with E-state index in [9.17, 15) is 4.79 Å². The number of anilines is 1. The van der Waals surface area contributed by atoms with Crippen molar-refractivity contribution in [2.24, 2.45) is 11.8 Å². The minimum Gasteiger partial charge on any atom is -0.497 e. The van der Waals surface area contributed by atoms with Crippen molar-refractivity contribution in [3.05, 3.63) is 70.5 Å². The second-order valence-corrected chi connectivity index (χ2v) is 12.5. The maximum Gasteiger partial charge on any atom is 0.257 e. The molecule has 5 rings (SSSR count). The molecule has 2 aliphatic heterocycles. The van der Waals surface area contributed by atoms with Gasteiger partial charge in [-0.25, -0.2) is 4.98 Å². The summed E-state index contributed by atoms with van der Waals surface area (Å²) in [7, 11) is 4.52. The van der Waals surface area contributed by atoms with Crippen LogP contribution >= 0.6 is 0 Å². The summed E-state index contributed by atoms with van der Waals surface area (Å²) in [6.07, 6.45) is 8.22. The van der Waals surface area contributed by atoms with E-state index in [1.807, 2.05) is 32.1 Å². The van der Waals surface area contributed by atoms with E-state index in [4.69, 9.17) is 9.72 Å². The zero-order valence-corrected chi connectivity index (χ0v) is 23.9. The lowest BCUT2D eigenvalue weighted by Gasteiger charge is -2.42. The SMILES string of the molecule is C=C1/C=C(\C=C(C)C)C(=O)Nc2nc3ccc(C)cc3n2CC2CCC(COC3=C1C(C)[N+](C)(C)CC3)C2. The molecule has 3 unspecified atom stereocenters. The van der Waals surface area contributed by atoms with E-state index >= 15 is 0 Å². The fourth-order valence-electron chi connectivity index (χ4n) is 6.31. The standard InChI is InChI=1S/C32H42N4O2/c1-20(2)14-26-16-22(4)30-23(5)36(6,7)13-12-29(30)38-19-25-10-9-24(17-25)18-35-28-15-21(3)8-11-27(28)33-32(35)34-31(26)37/h8,11,14-16,23-25H,4,9-10,12-13,17-19H2,1-3,5-7H3/p+1/b26-16+. The molecule has 1 N–H and O–H groups in total. The Morgan fingerprint density at radius 1 is 1.24 bits per heavy atom. The van der Waals surface area contributed by atoms with Gasteiger partial charge in [-0.15, -0.1) is 0 Å². The number of aromatic nitrogens is 2. The van der Waals surface area contributed by atoms with Crippen LogP contribution in [0.1, 0.15) is 52.0 Å². The molecule has 1 aromatic heterocycles. The molecule has 3 heterocycles. The molecule has 1 aliphatic carbocycles. The van der Waals surface area contributed by atoms with Gasteiger partial charge in [-0.05, 0) is 88.1 Å². The van der Waals surface area contributed by atoms with Crippen LogP contribution in [-0.4, -0.2) is 53.2 Å². The van der Waals surface area contributed by atoms with Gasteiger partial charge in [0.2, 0.25) is 5.95 Å². The van der Waals surface area contributed by atoms with Gasteiger partial charge in [0, 0.05) is 12.1 Å². The molecule has 2 aromatic rings. The predicted octanol–water partition coefficient (Wildman–Crippen LogP) is 6.30. The van der Waals surface area contributed by atoms with E-state index in [-0.39, 0.29) is 11.9 Å². The van der Waals surface area contributed by atoms with Crippen LogP contribution in [0.2, 0.25) is 0 Å². The number of quaternary nitrogens is 1. The van der Waals surface area contributed by atoms with E-state index in [2.05, 4.69) is 56.5 Å². The Morgan fingerprint density at radius 3 is 2.76 bits per heavy atom. The van der Waals surface area contributed by atoms with Gasteiger partial charge in [0.15, 0.2) is 0 Å². The monoisotopic (exact) mass is 515 g/mol. The molecule has 1 aromatic carbocycles. The minimum atomic E-state index is -0.167. The summed E-state index contributed by atoms with van der Waals surface area (Å²) < 4.78 is 9.70. The molecular weight excluding hydrogens is 472 g/mol. The molecule has 2 bridgehead atoms. The van der Waals surface area contributed by atoms with Crippen LogP contribution in [0.3, 0.4) is 0 Å². The fourth-order valence-corrected chi connectivity index (χ4v) is 6.31. The molecule has 1 saturated carbocycles. The van der Waals surface area contributed by atoms with Gasteiger partial charge < -0.3 is 13.8 Å². The Morgan fingerprint density at radius 2 is 2.00 bits per heavy atom. The van der Waals surface area contributed by atoms with Crippen molar-refractivity contribution in [3.8, 4) is 0 Å². The van der Waals surface area contributed by atoms with Crippen LogP contribution in [0.5, 0.6) is 0 Å². The summed E-state index contributed by atoms with van der Waals surface area (Å²) in [4.78, 5) is 18.7. The second kappa shape index (κ2) is 10.2. The molecule has 0 saturated heterocycles. The van der Waals surface area contributed by atoms with Gasteiger partial charge in [0.1, 0.15) is 11.8 Å². The number of nitrogens with zero attached hydrogens (tertiary/aromatic N) is 3. The highest BCUT2D eigenvalue weighted by Crippen LogP contribution is 2.38. The highest BCUT2D eigenvalue weighted by molar-refractivity contribution is 6.06. The molecular formula is C32H43N4O2+. The third-order valence-corrected chi connectivity index (χ3v) is 8.78. The van der Waals surface area contributed by atoms with E-state index in [1.165, 1.54) is 12.0 Å². The van der Waals surface area contributed by atoms with Gasteiger partial charge >= 0.3 is 0 Å². The summed E-state index contributed by atoms with van der Waals surface area (Å²) in [5.74, 6) is 2.58. The second-order valence-electron chi connectivity index (χ2n) is 12.5. The number of benzene rings is 1. The van der Waals surface area contributed by atoms with Crippen molar-refractivity contribution in [2.75, 3.05) is 32.6 Å². The van der Waals surface area contributed by atoms with Gasteiger partial charge in [-0.3, -0.25) is 10.1 Å². The van der Waals surface area contributed by atoms with Crippen molar-refractivity contribution in [3.63, 3.8) is 0 Å². The third-order valence-electron chi connectivity index (χ3n) is 8.78. The number of carbonyl (C=O) groups is 1. The molecule has 3 atom stereocenters. The minimum absolute atomic E-state index is 0.167. The van der Waals surface area contributed by atoms with E-state index in [0.717, 1.165) is 77.0 Å². The zero-order chi connectivity index (χ0) is 27.2. The average Bonchev–Trinajstić information content (AvgIpc) is 3.43. The van der Waals surface area contributed by atoms with Crippen LogP contribution in [0.25, 0.3) is 11.0 Å². The first-order valence-corrected chi connectivity index (χ1v) is 14.0. The Kier molecular flexibility index (Phi) is 7.12. The van der Waals surface area contributed by atoms with Gasteiger partial charge in [0.25, 0.3) is 5.91 Å². The zero-order valence-electron chi connectivity index (χ0n) is 23.9. The van der Waals surface area contributed by atoms with Gasteiger partial charge in [-0.1, -0.05) is 24.3 Å². The fraction of sp³-hybridized carbons (Fsp3) is 0.500. The molecule has 0 radical (unpaired) electrons. The van der Waals surface area contributed by atoms with E-state index in [1.54, 1.807) is 0 Å². The highest BCUT2D eigenvalue weighted by Gasteiger charge is 2.37. The number of allylic oxidation sites excluding steroid dienone is 2. The maximum absolute atomic E-state index is 13.8. The molecule has 202 valence electrons. The molecule has 1 fully saturated rings. The topological polar surface area (TPSA) is 56.2 Å². The van der Waals surface area contributed by atoms with Gasteiger partial charge in [-0.2, -0.15) is 0 Å². The first-order chi connectivity index (χ1) is 18.0. The lowest BCUT2D eigenvalue weighted by atomic mass is 9.90. The Labute approximate surface area is 227 Å². The molecule has 38 heavy (non-hydrogen) atoms. The van der Waals surface area contributed by atoms with Crippen molar-refractivity contribution in [2.45, 2.75) is 66.0 Å². The van der Waals surface area contributed by atoms with E-state index in [0.29, 0.717) is 23.4 Å². The molecule has 3 aliphatic rings. The number of rotatable bonds is 1. The first kappa shape index (κ1) is 26.5. The van der Waals surface area contributed by atoms with Crippen LogP contribution < -0.4 is 5.32 Å². The molecule has 6 nitrogen and oxygen atoms in total. The average molecular weight is 516 g/mol. The lowest BCUT2D eigenvalue weighted by molar-refractivity contribution is -0.909. The first-order valence-electron chi connectivity index (χ1n) is 14.0. The largest absolute Gasteiger partial charge is 0.497 e. The lowest BCUT2D eigenvalue weighted by Crippen LogP contribution is -2.52. The Bertz CT molecular complexity index is 1370. The summed E-state index contributed by atoms with van der Waals surface area (Å²) in [5.41, 5.74) is 6.80. The van der Waals surface area contributed by atoms with Crippen molar-refractivity contribution in [1.82, 2.24) is 9.55 Å². The van der Waals surface area contributed by atoms with Crippen LogP contribution in [0.15, 0.2) is 65.0 Å². The number of hydrogen-bond donors (Lipinski definition) is 1. The number of aryl methyl sites for hydroxylation is 1. The molecule has 1 amide bonds. The quantitative estimate of drug-likeness (QED) is 0.454. The van der Waals surface area contributed by atoms with Crippen LogP contribution in [0.4, 0.5) is 5.95 Å². The summed E-state index contributed by atoms with van der Waals surface area (Å²) >= 11 is 0. The normalized spacial score (nSPS) is 27.3. The third kappa shape index (κ3) is 5.24. The number of carbonyl (C=O) groups excluding carboxylic acids is 1. The highest BCUT2D eigenvalue weighted by atomic mass is 16.5. The summed E-state index contributed by atoms with van der Waals surface area (Å²) in [6.45, 7) is 15.5. The number of amides is 1. The van der Waals surface area contributed by atoms with Gasteiger partial charge in [0.05, 0.1) is 50.3 Å². The number of likely N-dealkylation sites (N-methyl/N-ethyl adjacent to an activating group) is 1. The van der Waals surface area contributed by atoms with Crippen molar-refractivity contribution < 1.29 is 14.0 Å². The number of nitrogens with one attached hydrogen (secondary N) is 1. The Balaban J connectivity index is 1.62. The number of hydrogen-bond acceptors (Lipinski definition) is 3. The number of imidazole rings is 1. The Hall–Kier alpha value is -3.12. The van der Waals surface area contributed by atoms with Crippen molar-refractivity contribution in [1.29, 1.82) is 0 Å². The maximum atomic E-state index is 13.8. The molecule has 0 spiro atoms. The molecule has 6 heteroatoms. The smallest absolute Gasteiger partial charge is 0.257 e. The van der Waals surface area contributed by atoms with Crippen LogP contribution in [0, 0.1) is 18.8 Å². The number of fused-ring (bicyclic) bond motifs is 5. The summed E-state index contributed by atoms with van der Waals surface area (Å²) in [6, 6.07) is 6.52. The number of ether oxygens (including phenoxy) is 1. The van der Waals surface area contributed by atoms with Crippen LogP contribution in [-0.2, 0) is 16.1 Å².